The van der Waals surface area contributed by atoms with Gasteiger partial charge in [-0.2, -0.15) is 0 Å². The van der Waals surface area contributed by atoms with Crippen molar-refractivity contribution in [3.05, 3.63) is 21.3 Å². The Morgan fingerprint density at radius 1 is 1.38 bits per heavy atom. The third kappa shape index (κ3) is 3.98. The van der Waals surface area contributed by atoms with Crippen LogP contribution in [0.1, 0.15) is 32.1 Å². The highest BCUT2D eigenvalue weighted by Gasteiger charge is 2.37. The fraction of sp³-hybridized carbons (Fsp3) is 0.600. The van der Waals surface area contributed by atoms with Crippen molar-refractivity contribution < 1.29 is 9.59 Å². The highest BCUT2D eigenvalue weighted by molar-refractivity contribution is 7.16. The van der Waals surface area contributed by atoms with Crippen LogP contribution in [0.25, 0.3) is 0 Å². The third-order valence-electron chi connectivity index (χ3n) is 3.68. The van der Waals surface area contributed by atoms with E-state index in [9.17, 15) is 9.59 Å². The summed E-state index contributed by atoms with van der Waals surface area (Å²) >= 11 is 7.43. The zero-order chi connectivity index (χ0) is 15.6. The maximum atomic E-state index is 12.5. The van der Waals surface area contributed by atoms with Gasteiger partial charge in [-0.15, -0.1) is 11.3 Å². The van der Waals surface area contributed by atoms with Crippen molar-refractivity contribution in [2.24, 2.45) is 5.92 Å². The number of hydrogen-bond acceptors (Lipinski definition) is 3. The zero-order valence-corrected chi connectivity index (χ0v) is 14.1. The van der Waals surface area contributed by atoms with Gasteiger partial charge in [0.1, 0.15) is 12.1 Å². The Bertz CT molecular complexity index is 529. The van der Waals surface area contributed by atoms with Gasteiger partial charge in [0.25, 0.3) is 0 Å². The van der Waals surface area contributed by atoms with Gasteiger partial charge in [-0.05, 0) is 37.8 Å². The quantitative estimate of drug-likeness (QED) is 0.903. The molecule has 0 aliphatic carbocycles. The molecule has 116 valence electrons. The van der Waals surface area contributed by atoms with Gasteiger partial charge in [-0.1, -0.05) is 25.4 Å². The van der Waals surface area contributed by atoms with Crippen LogP contribution in [-0.2, 0) is 16.0 Å². The number of nitrogens with one attached hydrogen (secondary N) is 1. The molecular formula is C15H21ClN2O2S. The summed E-state index contributed by atoms with van der Waals surface area (Å²) in [7, 11) is 0. The summed E-state index contributed by atoms with van der Waals surface area (Å²) in [5.74, 6) is 0.327. The monoisotopic (exact) mass is 328 g/mol. The van der Waals surface area contributed by atoms with Crippen LogP contribution in [-0.4, -0.2) is 35.3 Å². The number of amides is 2. The van der Waals surface area contributed by atoms with E-state index in [-0.39, 0.29) is 17.9 Å². The van der Waals surface area contributed by atoms with Crippen molar-refractivity contribution >= 4 is 34.8 Å². The minimum Gasteiger partial charge on any atom is -0.343 e. The average molecular weight is 329 g/mol. The van der Waals surface area contributed by atoms with Crippen molar-refractivity contribution in [2.75, 3.05) is 6.54 Å². The molecule has 0 spiro atoms. The molecule has 0 radical (unpaired) electrons. The number of piperazine rings is 1. The van der Waals surface area contributed by atoms with Crippen LogP contribution in [0.4, 0.5) is 0 Å². The summed E-state index contributed by atoms with van der Waals surface area (Å²) in [6.07, 6.45) is 1.41. The lowest BCUT2D eigenvalue weighted by molar-refractivity contribution is -0.149. The minimum atomic E-state index is -0.406. The lowest BCUT2D eigenvalue weighted by atomic mass is 9.99. The Kier molecular flexibility index (Phi) is 5.27. The van der Waals surface area contributed by atoms with Crippen LogP contribution in [0.5, 0.6) is 0 Å². The van der Waals surface area contributed by atoms with E-state index in [0.29, 0.717) is 18.9 Å². The molecule has 1 aliphatic heterocycles. The van der Waals surface area contributed by atoms with Crippen LogP contribution in [0.2, 0.25) is 4.34 Å². The Labute approximate surface area is 134 Å². The van der Waals surface area contributed by atoms with Crippen molar-refractivity contribution in [1.29, 1.82) is 0 Å². The number of carbonyl (C=O) groups excluding carboxylic acids is 2. The summed E-state index contributed by atoms with van der Waals surface area (Å²) in [4.78, 5) is 27.4. The molecule has 1 aliphatic rings. The first-order chi connectivity index (χ1) is 9.88. The van der Waals surface area contributed by atoms with Crippen molar-refractivity contribution in [1.82, 2.24) is 10.2 Å². The summed E-state index contributed by atoms with van der Waals surface area (Å²) in [5, 5.41) is 2.83. The molecule has 2 atom stereocenters. The van der Waals surface area contributed by atoms with Crippen molar-refractivity contribution in [3.63, 3.8) is 0 Å². The second-order valence-corrected chi connectivity index (χ2v) is 7.65. The van der Waals surface area contributed by atoms with Crippen LogP contribution >= 0.6 is 22.9 Å². The molecule has 1 fully saturated rings. The molecular weight excluding hydrogens is 308 g/mol. The maximum absolute atomic E-state index is 12.5. The summed E-state index contributed by atoms with van der Waals surface area (Å²) in [5.41, 5.74) is 0. The lowest BCUT2D eigenvalue weighted by Gasteiger charge is -2.38. The third-order valence-corrected chi connectivity index (χ3v) is 4.97. The van der Waals surface area contributed by atoms with Crippen LogP contribution < -0.4 is 5.32 Å². The van der Waals surface area contributed by atoms with E-state index in [1.807, 2.05) is 12.1 Å². The number of nitrogens with zero attached hydrogens (tertiary/aromatic N) is 1. The molecule has 1 aromatic heterocycles. The van der Waals surface area contributed by atoms with E-state index in [1.54, 1.807) is 11.8 Å². The Morgan fingerprint density at radius 3 is 2.67 bits per heavy atom. The molecule has 4 nitrogen and oxygen atoms in total. The fourth-order valence-electron chi connectivity index (χ4n) is 2.54. The molecule has 6 heteroatoms. The predicted octanol–water partition coefficient (Wildman–Crippen LogP) is 2.71. The van der Waals surface area contributed by atoms with E-state index < -0.39 is 6.04 Å². The number of halogens is 1. The van der Waals surface area contributed by atoms with E-state index in [4.69, 9.17) is 11.6 Å². The van der Waals surface area contributed by atoms with Crippen LogP contribution in [0.3, 0.4) is 0 Å². The van der Waals surface area contributed by atoms with Gasteiger partial charge >= 0.3 is 0 Å². The standard InChI is InChI=1S/C15H21ClN2O2S/c1-9(2)8-12-15(20)18(10(3)14(19)17-12)7-6-11-4-5-13(16)21-11/h4-5,9-10,12H,6-8H2,1-3H3,(H,17,19). The first kappa shape index (κ1) is 16.3. The molecule has 2 rings (SSSR count). The summed E-state index contributed by atoms with van der Waals surface area (Å²) in [6.45, 7) is 6.43. The number of rotatable bonds is 5. The van der Waals surface area contributed by atoms with E-state index in [0.717, 1.165) is 15.6 Å². The predicted molar refractivity (Wildman–Crippen MR) is 85.6 cm³/mol. The lowest BCUT2D eigenvalue weighted by Crippen LogP contribution is -2.62. The van der Waals surface area contributed by atoms with Gasteiger partial charge < -0.3 is 10.2 Å². The Morgan fingerprint density at radius 2 is 2.10 bits per heavy atom. The molecule has 1 aromatic rings. The molecule has 0 bridgehead atoms. The zero-order valence-electron chi connectivity index (χ0n) is 12.6. The molecule has 21 heavy (non-hydrogen) atoms. The fourth-order valence-corrected chi connectivity index (χ4v) is 3.61. The second kappa shape index (κ2) is 6.79. The van der Waals surface area contributed by atoms with E-state index >= 15 is 0 Å². The van der Waals surface area contributed by atoms with Crippen LogP contribution in [0, 0.1) is 5.92 Å². The van der Waals surface area contributed by atoms with E-state index in [1.165, 1.54) is 11.3 Å². The van der Waals surface area contributed by atoms with Crippen molar-refractivity contribution in [3.8, 4) is 0 Å². The first-order valence-electron chi connectivity index (χ1n) is 7.23. The average Bonchev–Trinajstić information content (AvgIpc) is 2.81. The number of carbonyl (C=O) groups is 2. The van der Waals surface area contributed by atoms with Crippen LogP contribution in [0.15, 0.2) is 12.1 Å². The normalized spacial score (nSPS) is 22.8. The summed E-state index contributed by atoms with van der Waals surface area (Å²) in [6, 6.07) is 3.03. The van der Waals surface area contributed by atoms with Crippen molar-refractivity contribution in [2.45, 2.75) is 45.7 Å². The topological polar surface area (TPSA) is 49.4 Å². The number of thiophene rings is 1. The van der Waals surface area contributed by atoms with E-state index in [2.05, 4.69) is 19.2 Å². The second-order valence-electron chi connectivity index (χ2n) is 5.85. The minimum absolute atomic E-state index is 0.0263. The van der Waals surface area contributed by atoms with Gasteiger partial charge in [-0.3, -0.25) is 9.59 Å². The maximum Gasteiger partial charge on any atom is 0.245 e. The Hall–Kier alpha value is -1.07. The smallest absolute Gasteiger partial charge is 0.245 e. The summed E-state index contributed by atoms with van der Waals surface area (Å²) < 4.78 is 0.749. The molecule has 0 saturated carbocycles. The largest absolute Gasteiger partial charge is 0.343 e. The molecule has 1 N–H and O–H groups in total. The molecule has 1 saturated heterocycles. The van der Waals surface area contributed by atoms with Gasteiger partial charge in [0.05, 0.1) is 4.34 Å². The van der Waals surface area contributed by atoms with Gasteiger partial charge in [0.15, 0.2) is 0 Å². The van der Waals surface area contributed by atoms with Gasteiger partial charge in [-0.25, -0.2) is 0 Å². The highest BCUT2D eigenvalue weighted by atomic mass is 35.5. The molecule has 2 amide bonds. The first-order valence-corrected chi connectivity index (χ1v) is 8.43. The SMILES string of the molecule is CC(C)CC1NC(=O)C(C)N(CCc2ccc(Cl)s2)C1=O. The highest BCUT2D eigenvalue weighted by Crippen LogP contribution is 2.23. The molecule has 2 unspecified atom stereocenters. The van der Waals surface area contributed by atoms with Gasteiger partial charge in [0.2, 0.25) is 11.8 Å². The molecule has 2 heterocycles. The molecule has 0 aromatic carbocycles. The van der Waals surface area contributed by atoms with Gasteiger partial charge in [0, 0.05) is 11.4 Å². The number of hydrogen-bond donors (Lipinski definition) is 1. The Balaban J connectivity index is 2.04.